The summed E-state index contributed by atoms with van der Waals surface area (Å²) in [6.45, 7) is 0.154. The van der Waals surface area contributed by atoms with Gasteiger partial charge in [0, 0.05) is 5.69 Å². The molecule has 3 rings (SSSR count). The maximum Gasteiger partial charge on any atom is 0.471 e. The highest BCUT2D eigenvalue weighted by Gasteiger charge is 2.39. The Kier molecular flexibility index (Phi) is 5.20. The number of rotatable bonds is 5. The van der Waals surface area contributed by atoms with E-state index in [0.717, 1.165) is 0 Å². The number of anilines is 2. The fraction of sp³-hybridized carbons (Fsp3) is 0.222. The second kappa shape index (κ2) is 7.56. The maximum absolute atomic E-state index is 12.4. The molecular weight excluding hydrogens is 365 g/mol. The molecular formula is C18H15F3N2O4. The van der Waals surface area contributed by atoms with E-state index in [9.17, 15) is 22.8 Å². The zero-order valence-corrected chi connectivity index (χ0v) is 14.0. The lowest BCUT2D eigenvalue weighted by molar-refractivity contribution is -0.167. The first-order chi connectivity index (χ1) is 12.8. The van der Waals surface area contributed by atoms with Crippen molar-refractivity contribution in [3.8, 4) is 11.5 Å². The van der Waals surface area contributed by atoms with Crippen LogP contribution in [0.1, 0.15) is 0 Å². The van der Waals surface area contributed by atoms with Gasteiger partial charge in [0.25, 0.3) is 5.91 Å². The second-order valence-electron chi connectivity index (χ2n) is 5.63. The molecule has 6 nitrogen and oxygen atoms in total. The van der Waals surface area contributed by atoms with Crippen molar-refractivity contribution >= 4 is 23.2 Å². The number of halogens is 3. The van der Waals surface area contributed by atoms with Gasteiger partial charge in [-0.1, -0.05) is 18.2 Å². The van der Waals surface area contributed by atoms with E-state index in [1.165, 1.54) is 23.1 Å². The van der Waals surface area contributed by atoms with Gasteiger partial charge in [0.05, 0.1) is 12.2 Å². The number of ether oxygens (including phenoxy) is 2. The van der Waals surface area contributed by atoms with Crippen LogP contribution in [0.25, 0.3) is 0 Å². The van der Waals surface area contributed by atoms with Gasteiger partial charge in [0.15, 0.2) is 6.61 Å². The topological polar surface area (TPSA) is 67.9 Å². The number of amides is 2. The molecule has 0 fully saturated rings. The molecule has 0 spiro atoms. The van der Waals surface area contributed by atoms with E-state index >= 15 is 0 Å². The lowest BCUT2D eigenvalue weighted by Crippen LogP contribution is -2.41. The predicted molar refractivity (Wildman–Crippen MR) is 90.9 cm³/mol. The summed E-state index contributed by atoms with van der Waals surface area (Å²) in [6, 6.07) is 12.9. The van der Waals surface area contributed by atoms with Crippen molar-refractivity contribution in [1.29, 1.82) is 0 Å². The van der Waals surface area contributed by atoms with Gasteiger partial charge in [-0.05, 0) is 30.3 Å². The van der Waals surface area contributed by atoms with E-state index in [4.69, 9.17) is 9.47 Å². The standard InChI is InChI=1S/C18H15F3N2O4/c19-18(20,21)17(25)22-12-6-7-15-14(10-12)23(16(24)11-27-15)8-9-26-13-4-2-1-3-5-13/h1-7,10H,8-9,11H2,(H,22,25). The van der Waals surface area contributed by atoms with E-state index in [0.29, 0.717) is 11.5 Å². The average molecular weight is 380 g/mol. The molecule has 2 aromatic rings. The predicted octanol–water partition coefficient (Wildman–Crippen LogP) is 2.99. The van der Waals surface area contributed by atoms with Crippen LogP contribution in [0, 0.1) is 0 Å². The third-order valence-corrected chi connectivity index (χ3v) is 3.74. The minimum absolute atomic E-state index is 0.0941. The number of carbonyl (C=O) groups is 2. The van der Waals surface area contributed by atoms with Crippen molar-refractivity contribution in [2.24, 2.45) is 0 Å². The Morgan fingerprint density at radius 2 is 1.93 bits per heavy atom. The van der Waals surface area contributed by atoms with E-state index in [1.807, 2.05) is 6.07 Å². The number of hydrogen-bond donors (Lipinski definition) is 1. The molecule has 2 amide bonds. The maximum atomic E-state index is 12.4. The number of alkyl halides is 3. The summed E-state index contributed by atoms with van der Waals surface area (Å²) < 4.78 is 48.1. The highest BCUT2D eigenvalue weighted by molar-refractivity contribution is 6.00. The molecule has 1 N–H and O–H groups in total. The van der Waals surface area contributed by atoms with Gasteiger partial charge in [-0.25, -0.2) is 0 Å². The van der Waals surface area contributed by atoms with E-state index in [2.05, 4.69) is 0 Å². The molecule has 0 aromatic heterocycles. The molecule has 0 saturated heterocycles. The highest BCUT2D eigenvalue weighted by atomic mass is 19.4. The lowest BCUT2D eigenvalue weighted by Gasteiger charge is -2.29. The Morgan fingerprint density at radius 3 is 2.63 bits per heavy atom. The van der Waals surface area contributed by atoms with Crippen LogP contribution in [-0.4, -0.2) is 37.7 Å². The molecule has 0 unspecified atom stereocenters. The molecule has 1 heterocycles. The summed E-state index contributed by atoms with van der Waals surface area (Å²) in [5, 5.41) is 1.76. The molecule has 0 bridgehead atoms. The molecule has 0 aliphatic carbocycles. The van der Waals surface area contributed by atoms with Gasteiger partial charge in [-0.3, -0.25) is 9.59 Å². The second-order valence-corrected chi connectivity index (χ2v) is 5.63. The molecule has 1 aliphatic rings. The quantitative estimate of drug-likeness (QED) is 0.866. The van der Waals surface area contributed by atoms with E-state index in [-0.39, 0.29) is 37.0 Å². The molecule has 27 heavy (non-hydrogen) atoms. The first-order valence-electron chi connectivity index (χ1n) is 7.98. The average Bonchev–Trinajstić information content (AvgIpc) is 2.63. The van der Waals surface area contributed by atoms with Gasteiger partial charge in [0.2, 0.25) is 0 Å². The molecule has 0 radical (unpaired) electrons. The molecule has 0 saturated carbocycles. The number of nitrogens with zero attached hydrogens (tertiary/aromatic N) is 1. The number of hydrogen-bond acceptors (Lipinski definition) is 4. The third-order valence-electron chi connectivity index (χ3n) is 3.74. The summed E-state index contributed by atoms with van der Waals surface area (Å²) in [7, 11) is 0. The first-order valence-corrected chi connectivity index (χ1v) is 7.98. The molecule has 142 valence electrons. The number of fused-ring (bicyclic) bond motifs is 1. The van der Waals surface area contributed by atoms with E-state index < -0.39 is 12.1 Å². The first kappa shape index (κ1) is 18.6. The zero-order chi connectivity index (χ0) is 19.4. The van der Waals surface area contributed by atoms with Gasteiger partial charge < -0.3 is 19.7 Å². The van der Waals surface area contributed by atoms with Crippen LogP contribution in [0.5, 0.6) is 11.5 Å². The Hall–Kier alpha value is -3.23. The van der Waals surface area contributed by atoms with Crippen LogP contribution in [0.3, 0.4) is 0 Å². The Morgan fingerprint density at radius 1 is 1.19 bits per heavy atom. The van der Waals surface area contributed by atoms with Crippen LogP contribution >= 0.6 is 0 Å². The Bertz CT molecular complexity index is 840. The van der Waals surface area contributed by atoms with Crippen LogP contribution in [0.15, 0.2) is 48.5 Å². The Labute approximate surface area is 152 Å². The van der Waals surface area contributed by atoms with Crippen LogP contribution in [0.2, 0.25) is 0 Å². The highest BCUT2D eigenvalue weighted by Crippen LogP contribution is 2.35. The fourth-order valence-corrected chi connectivity index (χ4v) is 2.50. The summed E-state index contributed by atoms with van der Waals surface area (Å²) >= 11 is 0. The summed E-state index contributed by atoms with van der Waals surface area (Å²) in [5.41, 5.74) is 0.172. The van der Waals surface area contributed by atoms with Crippen molar-refractivity contribution in [2.75, 3.05) is 30.0 Å². The van der Waals surface area contributed by atoms with E-state index in [1.54, 1.807) is 29.6 Å². The molecule has 0 atom stereocenters. The fourth-order valence-electron chi connectivity index (χ4n) is 2.50. The molecule has 2 aromatic carbocycles. The van der Waals surface area contributed by atoms with Gasteiger partial charge in [-0.15, -0.1) is 0 Å². The normalized spacial score (nSPS) is 13.6. The summed E-state index contributed by atoms with van der Waals surface area (Å²) in [6.07, 6.45) is -5.01. The summed E-state index contributed by atoms with van der Waals surface area (Å²) in [4.78, 5) is 24.6. The zero-order valence-electron chi connectivity index (χ0n) is 14.0. The number of nitrogens with one attached hydrogen (secondary N) is 1. The van der Waals surface area contributed by atoms with Crippen molar-refractivity contribution in [1.82, 2.24) is 0 Å². The minimum Gasteiger partial charge on any atom is -0.492 e. The van der Waals surface area contributed by atoms with Crippen molar-refractivity contribution in [3.63, 3.8) is 0 Å². The van der Waals surface area contributed by atoms with Crippen molar-refractivity contribution < 1.29 is 32.2 Å². The van der Waals surface area contributed by atoms with Crippen LogP contribution in [-0.2, 0) is 9.59 Å². The SMILES string of the molecule is O=C1COc2ccc(NC(=O)C(F)(F)F)cc2N1CCOc1ccccc1. The van der Waals surface area contributed by atoms with Gasteiger partial charge >= 0.3 is 12.1 Å². The lowest BCUT2D eigenvalue weighted by atomic mass is 10.2. The number of carbonyl (C=O) groups excluding carboxylic acids is 2. The van der Waals surface area contributed by atoms with Crippen LogP contribution < -0.4 is 19.7 Å². The molecule has 1 aliphatic heterocycles. The largest absolute Gasteiger partial charge is 0.492 e. The third kappa shape index (κ3) is 4.49. The monoisotopic (exact) mass is 380 g/mol. The molecule has 9 heteroatoms. The van der Waals surface area contributed by atoms with Gasteiger partial charge in [-0.2, -0.15) is 13.2 Å². The van der Waals surface area contributed by atoms with Crippen molar-refractivity contribution in [3.05, 3.63) is 48.5 Å². The van der Waals surface area contributed by atoms with Crippen LogP contribution in [0.4, 0.5) is 24.5 Å². The number of benzene rings is 2. The smallest absolute Gasteiger partial charge is 0.471 e. The van der Waals surface area contributed by atoms with Gasteiger partial charge in [0.1, 0.15) is 18.1 Å². The minimum atomic E-state index is -5.01. The number of para-hydroxylation sites is 1. The summed E-state index contributed by atoms with van der Waals surface area (Å²) in [5.74, 6) is -1.49. The Balaban J connectivity index is 1.73. The van der Waals surface area contributed by atoms with Crippen molar-refractivity contribution in [2.45, 2.75) is 6.18 Å².